The molecule has 0 radical (unpaired) electrons. The monoisotopic (exact) mass is 331 g/mol. The van der Waals surface area contributed by atoms with Gasteiger partial charge in [0, 0.05) is 13.1 Å². The third-order valence-corrected chi connectivity index (χ3v) is 4.55. The lowest BCUT2D eigenvalue weighted by Gasteiger charge is -2.37. The lowest BCUT2D eigenvalue weighted by atomic mass is 9.95. The van der Waals surface area contributed by atoms with Crippen molar-refractivity contribution >= 4 is 12.4 Å². The first-order chi connectivity index (χ1) is 10.7. The Morgan fingerprint density at radius 1 is 0.957 bits per heavy atom. The number of rotatable bonds is 4. The van der Waals surface area contributed by atoms with Gasteiger partial charge in [0.2, 0.25) is 0 Å². The third kappa shape index (κ3) is 4.57. The zero-order chi connectivity index (χ0) is 15.4. The van der Waals surface area contributed by atoms with E-state index in [1.807, 2.05) is 0 Å². The number of benzene rings is 2. The number of likely N-dealkylation sites (tertiary alicyclic amines) is 1. The Hall–Kier alpha value is -1.35. The summed E-state index contributed by atoms with van der Waals surface area (Å²) in [4.78, 5) is 2.39. The molecule has 2 aromatic rings. The van der Waals surface area contributed by atoms with Crippen LogP contribution in [0.3, 0.4) is 0 Å². The molecule has 1 heterocycles. The predicted octanol–water partition coefficient (Wildman–Crippen LogP) is 4.55. The zero-order valence-electron chi connectivity index (χ0n) is 13.9. The van der Waals surface area contributed by atoms with Gasteiger partial charge in [-0.3, -0.25) is 0 Å². The third-order valence-electron chi connectivity index (χ3n) is 4.55. The lowest BCUT2D eigenvalue weighted by Crippen LogP contribution is -2.41. The molecule has 2 nitrogen and oxygen atoms in total. The second-order valence-electron chi connectivity index (χ2n) is 6.40. The Bertz CT molecular complexity index is 535. The van der Waals surface area contributed by atoms with E-state index >= 15 is 0 Å². The number of hydrogen-bond acceptors (Lipinski definition) is 2. The number of ether oxygens (including phenoxy) is 1. The Kier molecular flexibility index (Phi) is 6.64. The van der Waals surface area contributed by atoms with E-state index in [-0.39, 0.29) is 18.5 Å². The molecule has 124 valence electrons. The topological polar surface area (TPSA) is 12.5 Å². The molecule has 3 rings (SSSR count). The highest BCUT2D eigenvalue weighted by Gasteiger charge is 2.28. The summed E-state index contributed by atoms with van der Waals surface area (Å²) in [6.07, 6.45) is 1.45. The quantitative estimate of drug-likeness (QED) is 0.814. The molecular weight excluding hydrogens is 306 g/mol. The van der Waals surface area contributed by atoms with Crippen molar-refractivity contribution in [3.63, 3.8) is 0 Å². The number of nitrogens with zero attached hydrogens (tertiary/aromatic N) is 1. The predicted molar refractivity (Wildman–Crippen MR) is 98.1 cm³/mol. The lowest BCUT2D eigenvalue weighted by molar-refractivity contribution is -0.0535. The summed E-state index contributed by atoms with van der Waals surface area (Å²) in [5.74, 6) is 0.564. The number of piperidine rings is 1. The first-order valence-corrected chi connectivity index (χ1v) is 8.18. The summed E-state index contributed by atoms with van der Waals surface area (Å²) in [5, 5.41) is 0. The summed E-state index contributed by atoms with van der Waals surface area (Å²) in [6, 6.07) is 21.1. The highest BCUT2D eigenvalue weighted by molar-refractivity contribution is 5.85. The van der Waals surface area contributed by atoms with Crippen molar-refractivity contribution in [2.45, 2.75) is 25.6 Å². The molecule has 1 aliphatic rings. The maximum atomic E-state index is 6.60. The first kappa shape index (κ1) is 18.0. The number of hydrogen-bond donors (Lipinski definition) is 0. The molecule has 0 aliphatic carbocycles. The van der Waals surface area contributed by atoms with Gasteiger partial charge in [-0.25, -0.2) is 0 Å². The Balaban J connectivity index is 0.00000192. The molecule has 1 fully saturated rings. The summed E-state index contributed by atoms with van der Waals surface area (Å²) in [7, 11) is 2.19. The Labute approximate surface area is 145 Å². The standard InChI is InChI=1S/C20H25NO.ClH/c1-16-15-21(2)14-13-19(16)22-20(17-9-5-3-6-10-17)18-11-7-4-8-12-18;/h3-12,16,19-20H,13-15H2,1-2H3;1H. The normalized spacial score (nSPS) is 21.9. The molecule has 1 aliphatic heterocycles. The van der Waals surface area contributed by atoms with Gasteiger partial charge >= 0.3 is 0 Å². The average Bonchev–Trinajstić information content (AvgIpc) is 2.56. The average molecular weight is 332 g/mol. The minimum absolute atomic E-state index is 0. The summed E-state index contributed by atoms with van der Waals surface area (Å²) >= 11 is 0. The number of halogens is 1. The fourth-order valence-electron chi connectivity index (χ4n) is 3.31. The van der Waals surface area contributed by atoms with Crippen LogP contribution in [0.5, 0.6) is 0 Å². The van der Waals surface area contributed by atoms with E-state index in [1.165, 1.54) is 11.1 Å². The molecule has 2 atom stereocenters. The fraction of sp³-hybridized carbons (Fsp3) is 0.400. The van der Waals surface area contributed by atoms with Gasteiger partial charge in [0.25, 0.3) is 0 Å². The van der Waals surface area contributed by atoms with E-state index in [0.29, 0.717) is 12.0 Å². The van der Waals surface area contributed by atoms with Crippen molar-refractivity contribution in [1.82, 2.24) is 4.90 Å². The van der Waals surface area contributed by atoms with Crippen molar-refractivity contribution in [1.29, 1.82) is 0 Å². The highest BCUT2D eigenvalue weighted by atomic mass is 35.5. The second-order valence-corrected chi connectivity index (χ2v) is 6.40. The van der Waals surface area contributed by atoms with Crippen LogP contribution in [0, 0.1) is 5.92 Å². The zero-order valence-corrected chi connectivity index (χ0v) is 14.7. The Morgan fingerprint density at radius 2 is 1.48 bits per heavy atom. The van der Waals surface area contributed by atoms with Gasteiger partial charge in [-0.2, -0.15) is 0 Å². The maximum absolute atomic E-state index is 6.60. The molecule has 0 bridgehead atoms. The molecule has 0 N–H and O–H groups in total. The van der Waals surface area contributed by atoms with Crippen LogP contribution in [0.4, 0.5) is 0 Å². The highest BCUT2D eigenvalue weighted by Crippen LogP contribution is 2.31. The van der Waals surface area contributed by atoms with E-state index in [9.17, 15) is 0 Å². The van der Waals surface area contributed by atoms with Crippen LogP contribution in [-0.4, -0.2) is 31.1 Å². The summed E-state index contributed by atoms with van der Waals surface area (Å²) in [5.41, 5.74) is 2.47. The molecule has 0 aromatic heterocycles. The molecule has 0 saturated carbocycles. The van der Waals surface area contributed by atoms with Crippen LogP contribution in [-0.2, 0) is 4.74 Å². The molecule has 3 heteroatoms. The minimum Gasteiger partial charge on any atom is -0.365 e. The van der Waals surface area contributed by atoms with E-state index in [0.717, 1.165) is 19.5 Å². The second kappa shape index (κ2) is 8.49. The minimum atomic E-state index is 0. The van der Waals surface area contributed by atoms with Crippen LogP contribution >= 0.6 is 12.4 Å². The van der Waals surface area contributed by atoms with E-state index < -0.39 is 0 Å². The van der Waals surface area contributed by atoms with Crippen molar-refractivity contribution in [3.05, 3.63) is 71.8 Å². The van der Waals surface area contributed by atoms with Gasteiger partial charge in [-0.1, -0.05) is 67.6 Å². The maximum Gasteiger partial charge on any atom is 0.108 e. The van der Waals surface area contributed by atoms with Crippen LogP contribution in [0.1, 0.15) is 30.6 Å². The van der Waals surface area contributed by atoms with Gasteiger partial charge < -0.3 is 9.64 Å². The molecule has 1 saturated heterocycles. The van der Waals surface area contributed by atoms with Gasteiger partial charge in [0.15, 0.2) is 0 Å². The van der Waals surface area contributed by atoms with E-state index in [2.05, 4.69) is 79.5 Å². The SMILES string of the molecule is CC1CN(C)CCC1OC(c1ccccc1)c1ccccc1.Cl. The largest absolute Gasteiger partial charge is 0.365 e. The smallest absolute Gasteiger partial charge is 0.108 e. The van der Waals surface area contributed by atoms with Crippen LogP contribution in [0.15, 0.2) is 60.7 Å². The van der Waals surface area contributed by atoms with Crippen molar-refractivity contribution in [3.8, 4) is 0 Å². The molecule has 2 aromatic carbocycles. The Morgan fingerprint density at radius 3 is 1.96 bits per heavy atom. The molecule has 2 unspecified atom stereocenters. The van der Waals surface area contributed by atoms with Crippen molar-refractivity contribution in [2.24, 2.45) is 5.92 Å². The van der Waals surface area contributed by atoms with E-state index in [4.69, 9.17) is 4.74 Å². The van der Waals surface area contributed by atoms with Crippen LogP contribution in [0.2, 0.25) is 0 Å². The van der Waals surface area contributed by atoms with Gasteiger partial charge in [-0.15, -0.1) is 12.4 Å². The van der Waals surface area contributed by atoms with Crippen molar-refractivity contribution < 1.29 is 4.74 Å². The summed E-state index contributed by atoms with van der Waals surface area (Å²) < 4.78 is 6.60. The van der Waals surface area contributed by atoms with Crippen LogP contribution < -0.4 is 0 Å². The van der Waals surface area contributed by atoms with Gasteiger partial charge in [0.1, 0.15) is 6.10 Å². The molecular formula is C20H26ClNO. The molecule has 23 heavy (non-hydrogen) atoms. The van der Waals surface area contributed by atoms with Crippen LogP contribution in [0.25, 0.3) is 0 Å². The molecule has 0 spiro atoms. The van der Waals surface area contributed by atoms with Gasteiger partial charge in [0.05, 0.1) is 6.10 Å². The van der Waals surface area contributed by atoms with E-state index in [1.54, 1.807) is 0 Å². The van der Waals surface area contributed by atoms with Gasteiger partial charge in [-0.05, 0) is 30.5 Å². The fourth-order valence-corrected chi connectivity index (χ4v) is 3.31. The summed E-state index contributed by atoms with van der Waals surface area (Å²) in [6.45, 7) is 4.53. The molecule has 0 amide bonds. The van der Waals surface area contributed by atoms with Crippen molar-refractivity contribution in [2.75, 3.05) is 20.1 Å². The first-order valence-electron chi connectivity index (χ1n) is 8.18.